The van der Waals surface area contributed by atoms with E-state index in [4.69, 9.17) is 32.4 Å². The number of nitrogens with two attached hydrogens (primary N) is 4. The molecule has 0 heterocycles. The maximum Gasteiger partial charge on any atom is 0.185 e. The number of allylic oxidation sites excluding steroid dienone is 4. The molecule has 0 aliphatic heterocycles. The van der Waals surface area contributed by atoms with Crippen molar-refractivity contribution in [1.82, 2.24) is 9.80 Å². The molecule has 354 valence electrons. The van der Waals surface area contributed by atoms with E-state index < -0.39 is 0 Å². The van der Waals surface area contributed by atoms with Crippen LogP contribution in [0.15, 0.2) is 34.3 Å². The zero-order chi connectivity index (χ0) is 43.7. The molecule has 60 heavy (non-hydrogen) atoms. The van der Waals surface area contributed by atoms with E-state index in [1.807, 2.05) is 0 Å². The minimum absolute atomic E-state index is 0.172. The largest absolute Gasteiger partial charge is 0.378 e. The maximum atomic E-state index is 6.02. The van der Waals surface area contributed by atoms with E-state index in [0.717, 1.165) is 52.1 Å². The van der Waals surface area contributed by atoms with Gasteiger partial charge in [-0.1, -0.05) is 154 Å². The van der Waals surface area contributed by atoms with Crippen LogP contribution in [-0.2, 0) is 9.47 Å². The van der Waals surface area contributed by atoms with Crippen molar-refractivity contribution in [2.75, 3.05) is 78.8 Å². The van der Waals surface area contributed by atoms with E-state index in [9.17, 15) is 0 Å². The van der Waals surface area contributed by atoms with Crippen LogP contribution in [0.1, 0.15) is 206 Å². The summed E-state index contributed by atoms with van der Waals surface area (Å²) < 4.78 is 12.0. The predicted octanol–water partition coefficient (Wildman–Crippen LogP) is 11.0. The number of rotatable bonds is 49. The summed E-state index contributed by atoms with van der Waals surface area (Å²) in [6.45, 7) is 14.6. The van der Waals surface area contributed by atoms with E-state index in [1.54, 1.807) is 0 Å². The molecule has 0 amide bonds. The molecule has 0 fully saturated rings. The first-order chi connectivity index (χ1) is 29.5. The Balaban J connectivity index is 4.18. The van der Waals surface area contributed by atoms with Crippen molar-refractivity contribution < 1.29 is 9.47 Å². The summed E-state index contributed by atoms with van der Waals surface area (Å²) in [6.07, 6.45) is 48.8. The van der Waals surface area contributed by atoms with E-state index in [2.05, 4.69) is 57.9 Å². The number of aliphatic imine (C=N–C) groups is 2. The fourth-order valence-electron chi connectivity index (χ4n) is 7.55. The molecular weight excluding hydrogens is 745 g/mol. The fraction of sp³-hybridized carbons (Fsp3) is 0.880. The first-order valence-corrected chi connectivity index (χ1v) is 25.5. The average molecular weight is 847 g/mol. The van der Waals surface area contributed by atoms with Gasteiger partial charge in [0.25, 0.3) is 0 Å². The maximum absolute atomic E-state index is 6.02. The second kappa shape index (κ2) is 49.5. The van der Waals surface area contributed by atoms with Gasteiger partial charge in [0.1, 0.15) is 0 Å². The van der Waals surface area contributed by atoms with Crippen LogP contribution in [0.3, 0.4) is 0 Å². The average Bonchev–Trinajstić information content (AvgIpc) is 3.23. The Morgan fingerprint density at radius 3 is 0.950 bits per heavy atom. The minimum Gasteiger partial charge on any atom is -0.378 e. The van der Waals surface area contributed by atoms with Gasteiger partial charge in [0.15, 0.2) is 11.9 Å². The van der Waals surface area contributed by atoms with Crippen LogP contribution in [0.2, 0.25) is 0 Å². The Bertz CT molecular complexity index is 892. The predicted molar refractivity (Wildman–Crippen MR) is 264 cm³/mol. The Labute approximate surface area is 372 Å². The molecule has 0 saturated carbocycles. The molecule has 10 nitrogen and oxygen atoms in total. The van der Waals surface area contributed by atoms with Gasteiger partial charge in [-0.15, -0.1) is 0 Å². The standard InChI is InChI=1S/C50H102N8O2/c1-3-5-7-9-11-13-15-17-19-21-23-25-27-29-31-33-39-57(41-35-37-55-49(51)52)43-45-59-47-48-60-46-44-58(42-36-38-56-50(53)54)40-34-32-30-28-26-24-22-20-18-16-14-12-10-8-6-4-2/h17-20H,3-16,21-48H2,1-2H3,(H4,51,52,55)(H4,53,54,56). The van der Waals surface area contributed by atoms with E-state index in [0.29, 0.717) is 39.5 Å². The number of hydrogen-bond acceptors (Lipinski definition) is 6. The molecule has 0 atom stereocenters. The molecule has 0 aromatic carbocycles. The highest BCUT2D eigenvalue weighted by atomic mass is 16.5. The molecule has 10 heteroatoms. The van der Waals surface area contributed by atoms with Crippen molar-refractivity contribution in [3.8, 4) is 0 Å². The Kier molecular flexibility index (Phi) is 47.7. The molecular formula is C50H102N8O2. The van der Waals surface area contributed by atoms with Crippen molar-refractivity contribution in [2.45, 2.75) is 206 Å². The first-order valence-electron chi connectivity index (χ1n) is 25.5. The second-order valence-electron chi connectivity index (χ2n) is 17.1. The Hall–Kier alpha value is -2.14. The van der Waals surface area contributed by atoms with Crippen LogP contribution in [0, 0.1) is 0 Å². The summed E-state index contributed by atoms with van der Waals surface area (Å²) in [4.78, 5) is 13.4. The lowest BCUT2D eigenvalue weighted by atomic mass is 10.1. The number of unbranched alkanes of at least 4 members (excludes halogenated alkanes) is 24. The fourth-order valence-corrected chi connectivity index (χ4v) is 7.55. The molecule has 8 N–H and O–H groups in total. The van der Waals surface area contributed by atoms with Crippen molar-refractivity contribution in [2.24, 2.45) is 32.9 Å². The normalized spacial score (nSPS) is 11.9. The third kappa shape index (κ3) is 48.5. The molecule has 0 rings (SSSR count). The molecule has 0 bridgehead atoms. The molecule has 0 aliphatic carbocycles. The Morgan fingerprint density at radius 1 is 0.350 bits per heavy atom. The third-order valence-electron chi connectivity index (χ3n) is 11.3. The number of nitrogens with zero attached hydrogens (tertiary/aromatic N) is 4. The van der Waals surface area contributed by atoms with Crippen LogP contribution < -0.4 is 22.9 Å². The number of ether oxygens (including phenoxy) is 2. The lowest BCUT2D eigenvalue weighted by Crippen LogP contribution is -2.31. The zero-order valence-electron chi connectivity index (χ0n) is 39.9. The van der Waals surface area contributed by atoms with Gasteiger partial charge in [0.2, 0.25) is 0 Å². The third-order valence-corrected chi connectivity index (χ3v) is 11.3. The van der Waals surface area contributed by atoms with Gasteiger partial charge in [0, 0.05) is 26.2 Å². The van der Waals surface area contributed by atoms with Gasteiger partial charge in [-0.25, -0.2) is 0 Å². The first kappa shape index (κ1) is 57.9. The molecule has 0 unspecified atom stereocenters. The molecule has 0 spiro atoms. The molecule has 0 saturated heterocycles. The van der Waals surface area contributed by atoms with Gasteiger partial charge < -0.3 is 42.2 Å². The van der Waals surface area contributed by atoms with Crippen LogP contribution in [0.4, 0.5) is 0 Å². The summed E-state index contributed by atoms with van der Waals surface area (Å²) in [5.74, 6) is 0.344. The minimum atomic E-state index is 0.172. The van der Waals surface area contributed by atoms with Crippen molar-refractivity contribution in [3.05, 3.63) is 24.3 Å². The van der Waals surface area contributed by atoms with Gasteiger partial charge in [0.05, 0.1) is 26.4 Å². The smallest absolute Gasteiger partial charge is 0.185 e. The highest BCUT2D eigenvalue weighted by Gasteiger charge is 2.07. The zero-order valence-corrected chi connectivity index (χ0v) is 39.9. The van der Waals surface area contributed by atoms with E-state index >= 15 is 0 Å². The van der Waals surface area contributed by atoms with Crippen LogP contribution >= 0.6 is 0 Å². The SMILES string of the molecule is CCCCCCCCC=CCCCCCCCCN(CCCN=C(N)N)CCOCCOCCN(CCCCCCCCC=CCCCCCCCC)CCCN=C(N)N. The highest BCUT2D eigenvalue weighted by molar-refractivity contribution is 5.75. The van der Waals surface area contributed by atoms with Crippen LogP contribution in [0.25, 0.3) is 0 Å². The highest BCUT2D eigenvalue weighted by Crippen LogP contribution is 2.12. The molecule has 0 radical (unpaired) electrons. The topological polar surface area (TPSA) is 154 Å². The molecule has 0 aromatic rings. The van der Waals surface area contributed by atoms with Gasteiger partial charge >= 0.3 is 0 Å². The molecule has 0 aromatic heterocycles. The second-order valence-corrected chi connectivity index (χ2v) is 17.1. The number of hydrogen-bond donors (Lipinski definition) is 4. The monoisotopic (exact) mass is 847 g/mol. The molecule has 0 aliphatic rings. The van der Waals surface area contributed by atoms with Crippen molar-refractivity contribution >= 4 is 11.9 Å². The van der Waals surface area contributed by atoms with Crippen molar-refractivity contribution in [1.29, 1.82) is 0 Å². The summed E-state index contributed by atoms with van der Waals surface area (Å²) in [5, 5.41) is 0. The number of guanidine groups is 2. The van der Waals surface area contributed by atoms with Gasteiger partial charge in [-0.05, 0) is 103 Å². The van der Waals surface area contributed by atoms with Crippen molar-refractivity contribution in [3.63, 3.8) is 0 Å². The summed E-state index contributed by atoms with van der Waals surface area (Å²) in [6, 6.07) is 0. The van der Waals surface area contributed by atoms with Gasteiger partial charge in [-0.3, -0.25) is 9.98 Å². The van der Waals surface area contributed by atoms with Gasteiger partial charge in [-0.2, -0.15) is 0 Å². The summed E-state index contributed by atoms with van der Waals surface area (Å²) in [5.41, 5.74) is 22.2. The van der Waals surface area contributed by atoms with Crippen LogP contribution in [0.5, 0.6) is 0 Å². The van der Waals surface area contributed by atoms with E-state index in [1.165, 1.54) is 180 Å². The lowest BCUT2D eigenvalue weighted by molar-refractivity contribution is 0.0307. The lowest BCUT2D eigenvalue weighted by Gasteiger charge is -2.22. The Morgan fingerprint density at radius 2 is 0.633 bits per heavy atom. The quantitative estimate of drug-likeness (QED) is 0.0204. The summed E-state index contributed by atoms with van der Waals surface area (Å²) >= 11 is 0. The van der Waals surface area contributed by atoms with Crippen LogP contribution in [-0.4, -0.2) is 101 Å². The summed E-state index contributed by atoms with van der Waals surface area (Å²) in [7, 11) is 0. The van der Waals surface area contributed by atoms with E-state index in [-0.39, 0.29) is 11.9 Å².